The first kappa shape index (κ1) is 33.4. The van der Waals surface area contributed by atoms with Gasteiger partial charge in [0.05, 0.1) is 45.2 Å². The molecule has 0 saturated heterocycles. The van der Waals surface area contributed by atoms with E-state index in [1.54, 1.807) is 7.11 Å². The summed E-state index contributed by atoms with van der Waals surface area (Å²) in [6.45, 7) is 16.2. The van der Waals surface area contributed by atoms with Crippen LogP contribution in [0.2, 0.25) is 0 Å². The second kappa shape index (κ2) is 27.0. The van der Waals surface area contributed by atoms with Crippen molar-refractivity contribution in [1.82, 2.24) is 10.6 Å². The average Bonchev–Trinajstić information content (AvgIpc) is 2.64. The Morgan fingerprint density at radius 2 is 1.61 bits per heavy atom. The van der Waals surface area contributed by atoms with Crippen molar-refractivity contribution in [2.45, 2.75) is 53.6 Å². The van der Waals surface area contributed by atoms with Crippen LogP contribution < -0.4 is 10.6 Å². The molecule has 0 aliphatic carbocycles. The van der Waals surface area contributed by atoms with Gasteiger partial charge in [0.25, 0.3) is 0 Å². The fraction of sp³-hybridized carbons (Fsp3) is 0.895. The summed E-state index contributed by atoms with van der Waals surface area (Å²) in [4.78, 5) is 20.5. The SMILES string of the molecule is CC.CCCOC(=O)CNCCN[C-]=O.COCCOCCOC(C)(C)C.[Fm]. The van der Waals surface area contributed by atoms with E-state index in [-0.39, 0.29) is 18.1 Å². The van der Waals surface area contributed by atoms with Crippen molar-refractivity contribution in [2.24, 2.45) is 0 Å². The van der Waals surface area contributed by atoms with Crippen molar-refractivity contribution >= 4 is 12.4 Å². The summed E-state index contributed by atoms with van der Waals surface area (Å²) < 4.78 is 20.3. The molecule has 1 amide bonds. The molecule has 0 fully saturated rings. The first-order valence-electron chi connectivity index (χ1n) is 9.54. The number of nitrogens with one attached hydrogen (secondary N) is 2. The first-order valence-corrected chi connectivity index (χ1v) is 9.54. The number of ether oxygens (including phenoxy) is 4. The van der Waals surface area contributed by atoms with E-state index in [9.17, 15) is 9.59 Å². The summed E-state index contributed by atoms with van der Waals surface area (Å²) in [5.41, 5.74) is -0.0649. The zero-order chi connectivity index (χ0) is 21.4. The van der Waals surface area contributed by atoms with E-state index in [4.69, 9.17) is 18.9 Å². The predicted octanol–water partition coefficient (Wildman–Crippen LogP) is 1.68. The molecule has 0 aliphatic heterocycles. The van der Waals surface area contributed by atoms with E-state index in [0.29, 0.717) is 46.1 Å². The average molecular weight is 651 g/mol. The molecule has 8 nitrogen and oxygen atoms in total. The summed E-state index contributed by atoms with van der Waals surface area (Å²) in [6, 6.07) is 0. The first-order chi connectivity index (χ1) is 12.9. The Morgan fingerprint density at radius 3 is 2.11 bits per heavy atom. The van der Waals surface area contributed by atoms with Gasteiger partial charge in [0.1, 0.15) is 0 Å². The number of hydrogen-bond acceptors (Lipinski definition) is 7. The number of carbonyl (C=O) groups is 1. The number of rotatable bonds is 14. The van der Waals surface area contributed by atoms with Crippen LogP contribution in [-0.2, 0) is 28.5 Å². The van der Waals surface area contributed by atoms with Crippen LogP contribution in [0.3, 0.4) is 0 Å². The summed E-state index contributed by atoms with van der Waals surface area (Å²) in [6.07, 6.45) is 2.36. The standard InChI is InChI=1S/C9H20O3.C8H15N2O3.C2H6.Fm/c1-9(2,3)12-8-7-11-6-5-10-4;1-2-5-13-8(12)6-9-3-4-10-7-11;1-2;/h5-8H2,1-4H3;9H,2-6H2,1H3,(H,10,11);1-2H3;/q;-1;;. The van der Waals surface area contributed by atoms with Gasteiger partial charge in [-0.25, -0.2) is 0 Å². The largest absolute Gasteiger partial charge is 0.529 e. The van der Waals surface area contributed by atoms with Crippen LogP contribution in [-0.4, -0.2) is 77.8 Å². The van der Waals surface area contributed by atoms with E-state index in [0.717, 1.165) is 6.42 Å². The number of amides is 1. The van der Waals surface area contributed by atoms with Crippen molar-refractivity contribution in [3.05, 3.63) is 0 Å². The zero-order valence-corrected chi connectivity index (χ0v) is 21.0. The number of carbonyl (C=O) groups excluding carboxylic acids is 2. The Hall–Kier alpha value is -2.22. The van der Waals surface area contributed by atoms with Gasteiger partial charge in [0, 0.05) is 13.7 Å². The van der Waals surface area contributed by atoms with Crippen LogP contribution in [0.4, 0.5) is 0 Å². The van der Waals surface area contributed by atoms with Gasteiger partial charge in [0.15, 0.2) is 0 Å². The van der Waals surface area contributed by atoms with Crippen molar-refractivity contribution in [1.29, 1.82) is 0 Å². The number of esters is 1. The van der Waals surface area contributed by atoms with Gasteiger partial charge in [-0.05, 0) is 33.7 Å². The molecule has 9 heteroatoms. The van der Waals surface area contributed by atoms with Gasteiger partial charge in [-0.15, -0.1) is 0 Å². The van der Waals surface area contributed by atoms with Crippen LogP contribution in [0.15, 0.2) is 0 Å². The second-order valence-electron chi connectivity index (χ2n) is 5.99. The number of hydrogen-bond donors (Lipinski definition) is 2. The molecule has 28 heavy (non-hydrogen) atoms. The molecule has 0 rings (SSSR count). The molecule has 0 aromatic heterocycles. The third kappa shape index (κ3) is 39.0. The molecule has 0 aromatic carbocycles. The maximum absolute atomic E-state index is 10.9. The van der Waals surface area contributed by atoms with Crippen molar-refractivity contribution in [2.75, 3.05) is 59.8 Å². The smallest absolute Gasteiger partial charge is 0.319 e. The second-order valence-corrected chi connectivity index (χ2v) is 5.99. The van der Waals surface area contributed by atoms with Gasteiger partial charge in [-0.3, -0.25) is 4.79 Å². The Morgan fingerprint density at radius 1 is 1.00 bits per heavy atom. The molecule has 0 spiro atoms. The zero-order valence-electron chi connectivity index (χ0n) is 18.6. The Bertz CT molecular complexity index is 315. The van der Waals surface area contributed by atoms with Gasteiger partial charge in [-0.2, -0.15) is 6.41 Å². The molecular formula is C19H41FmN2O6-. The van der Waals surface area contributed by atoms with E-state index in [1.807, 2.05) is 41.5 Å². The maximum Gasteiger partial charge on any atom is 0.319 e. The fourth-order valence-corrected chi connectivity index (χ4v) is 1.31. The summed E-state index contributed by atoms with van der Waals surface area (Å²) in [5.74, 6) is -0.267. The molecule has 0 unspecified atom stereocenters. The minimum Gasteiger partial charge on any atom is -0.529 e. The molecule has 0 aromatic rings. The van der Waals surface area contributed by atoms with Gasteiger partial charge in [0.2, 0.25) is 0 Å². The molecule has 0 aliphatic rings. The molecular weight excluding hydrogens is 609 g/mol. The van der Waals surface area contributed by atoms with Gasteiger partial charge < -0.3 is 34.4 Å². The monoisotopic (exact) mass is 650 g/mol. The van der Waals surface area contributed by atoms with Crippen LogP contribution in [0.5, 0.6) is 0 Å². The van der Waals surface area contributed by atoms with E-state index in [2.05, 4.69) is 10.6 Å². The minimum atomic E-state index is -0.267. The molecule has 0 heterocycles. The third-order valence-electron chi connectivity index (χ3n) is 2.43. The number of methoxy groups -OCH3 is 1. The predicted molar refractivity (Wildman–Crippen MR) is 108 cm³/mol. The van der Waals surface area contributed by atoms with Crippen LogP contribution >= 0.6 is 0 Å². The van der Waals surface area contributed by atoms with Crippen molar-refractivity contribution in [3.63, 3.8) is 0 Å². The molecule has 176 valence electrons. The molecule has 0 bridgehead atoms. The quantitative estimate of drug-likeness (QED) is 0.128. The molecule has 0 radical (unpaired) electrons. The maximum atomic E-state index is 10.9. The van der Waals surface area contributed by atoms with Crippen LogP contribution in [0.1, 0.15) is 48.0 Å². The Labute approximate surface area is 165 Å². The summed E-state index contributed by atoms with van der Waals surface area (Å²) in [5, 5.41) is 5.16. The topological polar surface area (TPSA) is 95.1 Å². The fourth-order valence-electron chi connectivity index (χ4n) is 1.31. The Kier molecular flexibility index (Phi) is 32.2. The van der Waals surface area contributed by atoms with E-state index < -0.39 is 0 Å². The minimum absolute atomic E-state index is 0. The van der Waals surface area contributed by atoms with Crippen LogP contribution in [0, 0.1) is 0 Å². The Balaban J connectivity index is -0.000000183. The summed E-state index contributed by atoms with van der Waals surface area (Å²) in [7, 11) is 1.66. The van der Waals surface area contributed by atoms with Crippen molar-refractivity contribution in [3.8, 4) is 0 Å². The molecule has 0 saturated carbocycles. The molecule has 0 atom stereocenters. The van der Waals surface area contributed by atoms with E-state index in [1.165, 1.54) is 6.41 Å². The third-order valence-corrected chi connectivity index (χ3v) is 2.43. The summed E-state index contributed by atoms with van der Waals surface area (Å²) >= 11 is 0. The van der Waals surface area contributed by atoms with Gasteiger partial charge >= 0.3 is 5.97 Å². The normalized spacial score (nSPS) is 9.68. The van der Waals surface area contributed by atoms with Crippen molar-refractivity contribution < 1.29 is 28.5 Å². The molecule has 2 N–H and O–H groups in total. The van der Waals surface area contributed by atoms with E-state index >= 15 is 0 Å². The van der Waals surface area contributed by atoms with Gasteiger partial charge in [-0.1, -0.05) is 20.8 Å². The van der Waals surface area contributed by atoms with Crippen LogP contribution in [0.25, 0.3) is 0 Å².